The van der Waals surface area contributed by atoms with E-state index in [0.29, 0.717) is 11.5 Å². The number of benzene rings is 1. The van der Waals surface area contributed by atoms with Gasteiger partial charge in [0.05, 0.1) is 11.0 Å². The van der Waals surface area contributed by atoms with E-state index in [4.69, 9.17) is 0 Å². The molecule has 2 fully saturated rings. The van der Waals surface area contributed by atoms with Crippen LogP contribution in [0.5, 0.6) is 0 Å². The average molecular weight is 342 g/mol. The minimum atomic E-state index is -0.0635. The van der Waals surface area contributed by atoms with Gasteiger partial charge in [-0.05, 0) is 56.5 Å². The number of nitrogens with zero attached hydrogens (tertiary/aromatic N) is 1. The number of fused-ring (bicyclic) bond motifs is 1. The Labute approximate surface area is 147 Å². The van der Waals surface area contributed by atoms with Crippen LogP contribution in [0.3, 0.4) is 0 Å². The summed E-state index contributed by atoms with van der Waals surface area (Å²) in [5, 5.41) is 6.49. The van der Waals surface area contributed by atoms with Crippen molar-refractivity contribution in [2.75, 3.05) is 13.1 Å². The number of piperidine rings is 1. The number of H-pyrrole nitrogens is 1. The highest BCUT2D eigenvalue weighted by Gasteiger charge is 2.24. The Bertz CT molecular complexity index is 832. The first kappa shape index (κ1) is 16.4. The van der Waals surface area contributed by atoms with Crippen LogP contribution in [0.4, 0.5) is 0 Å². The molecule has 1 saturated heterocycles. The third-order valence-electron chi connectivity index (χ3n) is 5.77. The first-order valence-electron chi connectivity index (χ1n) is 9.39. The van der Waals surface area contributed by atoms with Crippen molar-refractivity contribution in [1.82, 2.24) is 20.2 Å². The minimum absolute atomic E-state index is 0.0601. The maximum Gasteiger partial charge on any atom is 0.326 e. The van der Waals surface area contributed by atoms with Gasteiger partial charge in [0.15, 0.2) is 0 Å². The fourth-order valence-electron chi connectivity index (χ4n) is 4.28. The molecule has 1 aromatic carbocycles. The van der Waals surface area contributed by atoms with Gasteiger partial charge in [-0.15, -0.1) is 0 Å². The molecule has 2 atom stereocenters. The second-order valence-electron chi connectivity index (χ2n) is 7.52. The number of aromatic amines is 1. The molecule has 2 unspecified atom stereocenters. The summed E-state index contributed by atoms with van der Waals surface area (Å²) >= 11 is 0. The van der Waals surface area contributed by atoms with Gasteiger partial charge in [-0.2, -0.15) is 0 Å². The summed E-state index contributed by atoms with van der Waals surface area (Å²) < 4.78 is 1.87. The van der Waals surface area contributed by atoms with Gasteiger partial charge in [-0.3, -0.25) is 9.36 Å². The minimum Gasteiger partial charge on any atom is -0.349 e. The second kappa shape index (κ2) is 6.67. The van der Waals surface area contributed by atoms with Crippen LogP contribution in [-0.2, 0) is 0 Å². The second-order valence-corrected chi connectivity index (χ2v) is 7.52. The highest BCUT2D eigenvalue weighted by molar-refractivity contribution is 5.97. The summed E-state index contributed by atoms with van der Waals surface area (Å²) in [6.45, 7) is 4.02. The van der Waals surface area contributed by atoms with Crippen molar-refractivity contribution in [3.63, 3.8) is 0 Å². The van der Waals surface area contributed by atoms with E-state index in [1.165, 1.54) is 12.8 Å². The van der Waals surface area contributed by atoms with E-state index < -0.39 is 0 Å². The number of imidazole rings is 1. The molecular weight excluding hydrogens is 316 g/mol. The molecule has 1 aromatic heterocycles. The average Bonchev–Trinajstić information content (AvgIpc) is 3.22. The monoisotopic (exact) mass is 342 g/mol. The zero-order chi connectivity index (χ0) is 17.4. The van der Waals surface area contributed by atoms with E-state index in [2.05, 4.69) is 22.5 Å². The van der Waals surface area contributed by atoms with E-state index in [-0.39, 0.29) is 23.7 Å². The van der Waals surface area contributed by atoms with Gasteiger partial charge in [-0.25, -0.2) is 4.79 Å². The lowest BCUT2D eigenvalue weighted by Crippen LogP contribution is -2.48. The zero-order valence-electron chi connectivity index (χ0n) is 14.7. The Hall–Kier alpha value is -2.08. The van der Waals surface area contributed by atoms with Gasteiger partial charge < -0.3 is 15.6 Å². The normalized spacial score (nSPS) is 24.7. The van der Waals surface area contributed by atoms with Crippen molar-refractivity contribution in [1.29, 1.82) is 0 Å². The van der Waals surface area contributed by atoms with Crippen LogP contribution in [0.25, 0.3) is 11.0 Å². The Balaban J connectivity index is 1.58. The molecule has 0 bridgehead atoms. The number of amides is 1. The van der Waals surface area contributed by atoms with Crippen molar-refractivity contribution < 1.29 is 4.79 Å². The summed E-state index contributed by atoms with van der Waals surface area (Å²) in [7, 11) is 0. The summed E-state index contributed by atoms with van der Waals surface area (Å²) in [5.74, 6) is 0.361. The molecule has 6 heteroatoms. The molecule has 1 saturated carbocycles. The van der Waals surface area contributed by atoms with Crippen molar-refractivity contribution in [2.45, 2.75) is 51.1 Å². The van der Waals surface area contributed by atoms with E-state index in [1.807, 2.05) is 22.8 Å². The fourth-order valence-corrected chi connectivity index (χ4v) is 4.28. The molecule has 4 rings (SSSR count). The molecule has 1 amide bonds. The largest absolute Gasteiger partial charge is 0.349 e. The van der Waals surface area contributed by atoms with Crippen molar-refractivity contribution in [3.8, 4) is 0 Å². The molecule has 25 heavy (non-hydrogen) atoms. The molecule has 2 aromatic rings. The standard InChI is InChI=1S/C19H26N4O2/c1-12-11-20-9-8-15(12)21-18(24)13-6-7-17-16(10-13)22-19(25)23(17)14-4-2-3-5-14/h6-7,10,12,14-15,20H,2-5,8-9,11H2,1H3,(H,21,24)(H,22,25). The number of rotatable bonds is 3. The van der Waals surface area contributed by atoms with Gasteiger partial charge in [0.25, 0.3) is 5.91 Å². The predicted molar refractivity (Wildman–Crippen MR) is 98.0 cm³/mol. The van der Waals surface area contributed by atoms with Crippen LogP contribution in [0.15, 0.2) is 23.0 Å². The van der Waals surface area contributed by atoms with Crippen LogP contribution in [0, 0.1) is 5.92 Å². The first-order valence-corrected chi connectivity index (χ1v) is 9.39. The van der Waals surface area contributed by atoms with Crippen molar-refractivity contribution >= 4 is 16.9 Å². The number of hydrogen-bond donors (Lipinski definition) is 3. The Morgan fingerprint density at radius 1 is 1.24 bits per heavy atom. The van der Waals surface area contributed by atoms with E-state index >= 15 is 0 Å². The smallest absolute Gasteiger partial charge is 0.326 e. The lowest BCUT2D eigenvalue weighted by Gasteiger charge is -2.30. The SMILES string of the molecule is CC1CNCCC1NC(=O)c1ccc2c(c1)[nH]c(=O)n2C1CCCC1. The third kappa shape index (κ3) is 3.11. The number of nitrogens with one attached hydrogen (secondary N) is 3. The molecule has 134 valence electrons. The third-order valence-corrected chi connectivity index (χ3v) is 5.77. The van der Waals surface area contributed by atoms with Crippen molar-refractivity contribution in [3.05, 3.63) is 34.2 Å². The molecule has 0 radical (unpaired) electrons. The number of carbonyl (C=O) groups is 1. The Morgan fingerprint density at radius 2 is 2.04 bits per heavy atom. The van der Waals surface area contributed by atoms with E-state index in [1.54, 1.807) is 0 Å². The summed E-state index contributed by atoms with van der Waals surface area (Å²) in [5.41, 5.74) is 2.20. The predicted octanol–water partition coefficient (Wildman–Crippen LogP) is 2.17. The molecule has 6 nitrogen and oxygen atoms in total. The quantitative estimate of drug-likeness (QED) is 0.800. The maximum absolute atomic E-state index is 12.6. The Morgan fingerprint density at radius 3 is 2.80 bits per heavy atom. The molecule has 2 heterocycles. The van der Waals surface area contributed by atoms with Crippen LogP contribution in [0.1, 0.15) is 55.4 Å². The molecule has 1 aliphatic carbocycles. The zero-order valence-corrected chi connectivity index (χ0v) is 14.7. The lowest BCUT2D eigenvalue weighted by molar-refractivity contribution is 0.0914. The summed E-state index contributed by atoms with van der Waals surface area (Å²) in [6.07, 6.45) is 5.42. The molecule has 1 aliphatic heterocycles. The van der Waals surface area contributed by atoms with E-state index in [0.717, 1.165) is 43.4 Å². The van der Waals surface area contributed by atoms with Gasteiger partial charge in [0.2, 0.25) is 0 Å². The Kier molecular flexibility index (Phi) is 4.37. The van der Waals surface area contributed by atoms with Gasteiger partial charge in [0, 0.05) is 17.6 Å². The van der Waals surface area contributed by atoms with Crippen LogP contribution >= 0.6 is 0 Å². The first-order chi connectivity index (χ1) is 12.1. The highest BCUT2D eigenvalue weighted by atomic mass is 16.2. The lowest BCUT2D eigenvalue weighted by atomic mass is 9.95. The highest BCUT2D eigenvalue weighted by Crippen LogP contribution is 2.30. The van der Waals surface area contributed by atoms with Crippen LogP contribution in [0.2, 0.25) is 0 Å². The maximum atomic E-state index is 12.6. The molecule has 2 aliphatic rings. The number of aromatic nitrogens is 2. The van der Waals surface area contributed by atoms with Crippen LogP contribution < -0.4 is 16.3 Å². The fraction of sp³-hybridized carbons (Fsp3) is 0.579. The molecule has 0 spiro atoms. The van der Waals surface area contributed by atoms with Gasteiger partial charge in [-0.1, -0.05) is 19.8 Å². The van der Waals surface area contributed by atoms with Gasteiger partial charge >= 0.3 is 5.69 Å². The number of carbonyl (C=O) groups excluding carboxylic acids is 1. The summed E-state index contributed by atoms with van der Waals surface area (Å²) in [6, 6.07) is 6.04. The van der Waals surface area contributed by atoms with Gasteiger partial charge in [0.1, 0.15) is 0 Å². The van der Waals surface area contributed by atoms with Crippen LogP contribution in [-0.4, -0.2) is 34.6 Å². The van der Waals surface area contributed by atoms with Crippen molar-refractivity contribution in [2.24, 2.45) is 5.92 Å². The molecule has 3 N–H and O–H groups in total. The number of hydrogen-bond acceptors (Lipinski definition) is 3. The topological polar surface area (TPSA) is 78.9 Å². The van der Waals surface area contributed by atoms with E-state index in [9.17, 15) is 9.59 Å². The summed E-state index contributed by atoms with van der Waals surface area (Å²) in [4.78, 5) is 27.9. The molecular formula is C19H26N4O2.